The molecular weight excluding hydrogens is 217 g/mol. The van der Waals surface area contributed by atoms with E-state index in [0.717, 1.165) is 31.6 Å². The number of aromatic nitrogens is 1. The lowest BCUT2D eigenvalue weighted by molar-refractivity contribution is 0.270. The molecule has 0 radical (unpaired) electrons. The van der Waals surface area contributed by atoms with Crippen LogP contribution in [0.25, 0.3) is 0 Å². The van der Waals surface area contributed by atoms with E-state index in [1.54, 1.807) is 12.3 Å². The average molecular weight is 237 g/mol. The molecule has 4 heteroatoms. The van der Waals surface area contributed by atoms with Gasteiger partial charge in [0.05, 0.1) is 5.54 Å². The van der Waals surface area contributed by atoms with Gasteiger partial charge in [-0.1, -0.05) is 6.92 Å². The van der Waals surface area contributed by atoms with Crippen LogP contribution in [0.4, 0.5) is 10.2 Å². The Morgan fingerprint density at radius 2 is 2.24 bits per heavy atom. The number of hydrogen-bond donors (Lipinski definition) is 2. The second kappa shape index (κ2) is 5.00. The van der Waals surface area contributed by atoms with Crippen LogP contribution in [0.1, 0.15) is 32.6 Å². The molecule has 0 saturated heterocycles. The van der Waals surface area contributed by atoms with Gasteiger partial charge in [0, 0.05) is 12.7 Å². The van der Waals surface area contributed by atoms with Gasteiger partial charge >= 0.3 is 0 Å². The monoisotopic (exact) mass is 237 g/mol. The highest BCUT2D eigenvalue weighted by Gasteiger charge is 2.33. The van der Waals surface area contributed by atoms with Crippen molar-refractivity contribution in [3.05, 3.63) is 24.1 Å². The summed E-state index contributed by atoms with van der Waals surface area (Å²) >= 11 is 0. The summed E-state index contributed by atoms with van der Waals surface area (Å²) in [5, 5.41) is 3.22. The molecule has 0 spiro atoms. The lowest BCUT2D eigenvalue weighted by atomic mass is 9.77. The smallest absolute Gasteiger partial charge is 0.165 e. The van der Waals surface area contributed by atoms with E-state index in [9.17, 15) is 4.39 Å². The van der Waals surface area contributed by atoms with Crippen LogP contribution in [0.2, 0.25) is 0 Å². The summed E-state index contributed by atoms with van der Waals surface area (Å²) in [5.74, 6) is 0.761. The van der Waals surface area contributed by atoms with E-state index in [4.69, 9.17) is 5.73 Å². The molecule has 1 fully saturated rings. The zero-order valence-corrected chi connectivity index (χ0v) is 10.2. The van der Waals surface area contributed by atoms with Crippen LogP contribution in [0.5, 0.6) is 0 Å². The number of nitrogens with one attached hydrogen (secondary N) is 1. The first-order valence-electron chi connectivity index (χ1n) is 6.24. The third-order valence-corrected chi connectivity index (χ3v) is 3.76. The van der Waals surface area contributed by atoms with E-state index in [-0.39, 0.29) is 11.4 Å². The molecule has 1 aliphatic carbocycles. The van der Waals surface area contributed by atoms with Crippen LogP contribution in [0.15, 0.2) is 18.3 Å². The van der Waals surface area contributed by atoms with Crippen molar-refractivity contribution in [3.63, 3.8) is 0 Å². The molecule has 94 valence electrons. The molecule has 3 N–H and O–H groups in total. The van der Waals surface area contributed by atoms with Crippen LogP contribution >= 0.6 is 0 Å². The first-order valence-corrected chi connectivity index (χ1v) is 6.24. The number of nitrogens with two attached hydrogens (primary N) is 1. The molecule has 1 heterocycles. The van der Waals surface area contributed by atoms with Gasteiger partial charge in [0.15, 0.2) is 11.6 Å². The van der Waals surface area contributed by atoms with E-state index in [1.165, 1.54) is 6.07 Å². The molecule has 0 atom stereocenters. The lowest BCUT2D eigenvalue weighted by Crippen LogP contribution is -2.48. The lowest BCUT2D eigenvalue weighted by Gasteiger charge is -2.39. The van der Waals surface area contributed by atoms with Gasteiger partial charge < -0.3 is 11.1 Å². The quantitative estimate of drug-likeness (QED) is 0.849. The van der Waals surface area contributed by atoms with Crippen molar-refractivity contribution >= 4 is 5.82 Å². The Labute approximate surface area is 102 Å². The van der Waals surface area contributed by atoms with Gasteiger partial charge in [-0.3, -0.25) is 0 Å². The minimum Gasteiger partial charge on any atom is -0.361 e. The Bertz CT molecular complexity index is 373. The fraction of sp³-hybridized carbons (Fsp3) is 0.615. The summed E-state index contributed by atoms with van der Waals surface area (Å²) in [4.78, 5) is 4.04. The molecule has 1 aromatic heterocycles. The number of halogens is 1. The van der Waals surface area contributed by atoms with Crippen LogP contribution in [-0.2, 0) is 0 Å². The summed E-state index contributed by atoms with van der Waals surface area (Å²) in [7, 11) is 0. The second-order valence-electron chi connectivity index (χ2n) is 5.13. The van der Waals surface area contributed by atoms with Gasteiger partial charge in [0.2, 0.25) is 0 Å². The molecule has 1 aromatic rings. The summed E-state index contributed by atoms with van der Waals surface area (Å²) < 4.78 is 13.6. The standard InChI is InChI=1S/C13H20FN3/c1-10-4-6-13(9-15,7-5-10)17-12-11(14)3-2-8-16-12/h2-3,8,10H,4-7,9,15H2,1H3,(H,16,17). The maximum Gasteiger partial charge on any atom is 0.165 e. The number of anilines is 1. The molecule has 0 aliphatic heterocycles. The summed E-state index contributed by atoms with van der Waals surface area (Å²) in [6.45, 7) is 2.78. The van der Waals surface area contributed by atoms with E-state index in [2.05, 4.69) is 17.2 Å². The maximum absolute atomic E-state index is 13.6. The van der Waals surface area contributed by atoms with Gasteiger partial charge in [-0.2, -0.15) is 0 Å². The molecule has 17 heavy (non-hydrogen) atoms. The minimum atomic E-state index is -0.307. The predicted octanol–water partition coefficient (Wildman–Crippen LogP) is 2.54. The highest BCUT2D eigenvalue weighted by atomic mass is 19.1. The Hall–Kier alpha value is -1.16. The Morgan fingerprint density at radius 1 is 1.53 bits per heavy atom. The number of hydrogen-bond acceptors (Lipinski definition) is 3. The molecule has 0 unspecified atom stereocenters. The molecule has 0 bridgehead atoms. The van der Waals surface area contributed by atoms with Crippen LogP contribution in [0, 0.1) is 11.7 Å². The number of rotatable bonds is 3. The van der Waals surface area contributed by atoms with E-state index >= 15 is 0 Å². The van der Waals surface area contributed by atoms with E-state index in [0.29, 0.717) is 12.4 Å². The Kier molecular flexibility index (Phi) is 3.62. The molecule has 0 aromatic carbocycles. The molecule has 2 rings (SSSR count). The van der Waals surface area contributed by atoms with Crippen molar-refractivity contribution in [3.8, 4) is 0 Å². The summed E-state index contributed by atoms with van der Waals surface area (Å²) in [5.41, 5.74) is 5.69. The molecular formula is C13H20FN3. The van der Waals surface area contributed by atoms with E-state index in [1.807, 2.05) is 0 Å². The van der Waals surface area contributed by atoms with Crippen molar-refractivity contribution < 1.29 is 4.39 Å². The zero-order valence-electron chi connectivity index (χ0n) is 10.2. The fourth-order valence-corrected chi connectivity index (χ4v) is 2.42. The first-order chi connectivity index (χ1) is 8.15. The van der Waals surface area contributed by atoms with Crippen molar-refractivity contribution in [1.82, 2.24) is 4.98 Å². The minimum absolute atomic E-state index is 0.179. The maximum atomic E-state index is 13.6. The Balaban J connectivity index is 2.12. The second-order valence-corrected chi connectivity index (χ2v) is 5.13. The van der Waals surface area contributed by atoms with Crippen LogP contribution in [-0.4, -0.2) is 17.1 Å². The van der Waals surface area contributed by atoms with Gasteiger partial charge in [0.25, 0.3) is 0 Å². The van der Waals surface area contributed by atoms with Gasteiger partial charge in [-0.25, -0.2) is 9.37 Å². The number of pyridine rings is 1. The summed E-state index contributed by atoms with van der Waals surface area (Å²) in [6, 6.07) is 3.02. The molecule has 3 nitrogen and oxygen atoms in total. The fourth-order valence-electron chi connectivity index (χ4n) is 2.42. The zero-order chi connectivity index (χ0) is 12.3. The average Bonchev–Trinajstić information content (AvgIpc) is 2.35. The highest BCUT2D eigenvalue weighted by Crippen LogP contribution is 2.33. The van der Waals surface area contributed by atoms with Crippen molar-refractivity contribution in [2.75, 3.05) is 11.9 Å². The topological polar surface area (TPSA) is 50.9 Å². The molecule has 0 amide bonds. The largest absolute Gasteiger partial charge is 0.361 e. The Morgan fingerprint density at radius 3 is 2.82 bits per heavy atom. The molecule has 1 aliphatic rings. The molecule has 1 saturated carbocycles. The van der Waals surface area contributed by atoms with Gasteiger partial charge in [0.1, 0.15) is 0 Å². The van der Waals surface area contributed by atoms with Crippen molar-refractivity contribution in [2.24, 2.45) is 11.7 Å². The highest BCUT2D eigenvalue weighted by molar-refractivity contribution is 5.39. The SMILES string of the molecule is CC1CCC(CN)(Nc2ncccc2F)CC1. The van der Waals surface area contributed by atoms with Gasteiger partial charge in [-0.15, -0.1) is 0 Å². The third kappa shape index (κ3) is 2.75. The first kappa shape index (κ1) is 12.3. The summed E-state index contributed by atoms with van der Waals surface area (Å²) in [6.07, 6.45) is 5.85. The third-order valence-electron chi connectivity index (χ3n) is 3.76. The van der Waals surface area contributed by atoms with Crippen LogP contribution < -0.4 is 11.1 Å². The van der Waals surface area contributed by atoms with Crippen molar-refractivity contribution in [2.45, 2.75) is 38.1 Å². The number of nitrogens with zero attached hydrogens (tertiary/aromatic N) is 1. The normalized spacial score (nSPS) is 29.0. The van der Waals surface area contributed by atoms with E-state index < -0.39 is 0 Å². The van der Waals surface area contributed by atoms with Crippen molar-refractivity contribution in [1.29, 1.82) is 0 Å². The predicted molar refractivity (Wildman–Crippen MR) is 67.2 cm³/mol. The van der Waals surface area contributed by atoms with Gasteiger partial charge in [-0.05, 0) is 43.7 Å². The van der Waals surface area contributed by atoms with Crippen LogP contribution in [0.3, 0.4) is 0 Å².